The van der Waals surface area contributed by atoms with Crippen molar-refractivity contribution < 1.29 is 31.1 Å². The standard InChI is InChI=1S/C18H10F6N2OS/c19-11-3-1-2-10(6-11)9-28-17-25-15(18(22,23)24)8-16(26-17)27-14-5-4-12(20)7-13(14)21/h1-8H,9H2. The van der Waals surface area contributed by atoms with Gasteiger partial charge < -0.3 is 4.74 Å². The molecule has 28 heavy (non-hydrogen) atoms. The van der Waals surface area contributed by atoms with Gasteiger partial charge in [-0.25, -0.2) is 18.2 Å². The molecule has 0 aliphatic rings. The Morgan fingerprint density at radius 3 is 2.32 bits per heavy atom. The molecule has 3 aromatic rings. The first-order valence-electron chi connectivity index (χ1n) is 7.67. The number of thioether (sulfide) groups is 1. The number of benzene rings is 2. The lowest BCUT2D eigenvalue weighted by Gasteiger charge is -2.11. The first-order chi connectivity index (χ1) is 13.2. The highest BCUT2D eigenvalue weighted by molar-refractivity contribution is 7.98. The van der Waals surface area contributed by atoms with E-state index >= 15 is 0 Å². The minimum atomic E-state index is -4.80. The van der Waals surface area contributed by atoms with Crippen molar-refractivity contribution in [3.63, 3.8) is 0 Å². The number of aromatic nitrogens is 2. The van der Waals surface area contributed by atoms with Gasteiger partial charge in [-0.15, -0.1) is 0 Å². The normalized spacial score (nSPS) is 11.5. The van der Waals surface area contributed by atoms with E-state index in [9.17, 15) is 26.3 Å². The molecular weight excluding hydrogens is 406 g/mol. The molecule has 0 fully saturated rings. The molecule has 0 saturated heterocycles. The highest BCUT2D eigenvalue weighted by Gasteiger charge is 2.34. The molecule has 3 rings (SSSR count). The molecule has 1 aromatic heterocycles. The maximum Gasteiger partial charge on any atom is 0.433 e. The first kappa shape index (κ1) is 20.0. The zero-order chi connectivity index (χ0) is 20.3. The second-order valence-electron chi connectivity index (χ2n) is 5.47. The average molecular weight is 416 g/mol. The molecule has 0 amide bonds. The van der Waals surface area contributed by atoms with Gasteiger partial charge in [0, 0.05) is 17.9 Å². The summed E-state index contributed by atoms with van der Waals surface area (Å²) in [5.74, 6) is -3.40. The molecule has 0 aliphatic heterocycles. The lowest BCUT2D eigenvalue weighted by atomic mass is 10.2. The van der Waals surface area contributed by atoms with E-state index in [1.165, 1.54) is 18.2 Å². The van der Waals surface area contributed by atoms with Crippen LogP contribution in [-0.4, -0.2) is 9.97 Å². The number of nitrogens with zero attached hydrogens (tertiary/aromatic N) is 2. The molecule has 0 atom stereocenters. The minimum Gasteiger partial charge on any atom is -0.436 e. The van der Waals surface area contributed by atoms with Crippen LogP contribution in [0.3, 0.4) is 0 Å². The van der Waals surface area contributed by atoms with Crippen molar-refractivity contribution >= 4 is 11.8 Å². The van der Waals surface area contributed by atoms with Crippen molar-refractivity contribution in [2.75, 3.05) is 0 Å². The van der Waals surface area contributed by atoms with Crippen LogP contribution >= 0.6 is 11.8 Å². The Kier molecular flexibility index (Phi) is 5.78. The van der Waals surface area contributed by atoms with Crippen molar-refractivity contribution in [3.05, 3.63) is 77.2 Å². The summed E-state index contributed by atoms with van der Waals surface area (Å²) in [5.41, 5.74) is -0.778. The Morgan fingerprint density at radius 2 is 1.64 bits per heavy atom. The maximum atomic E-state index is 13.7. The van der Waals surface area contributed by atoms with E-state index in [2.05, 4.69) is 9.97 Å². The number of hydrogen-bond acceptors (Lipinski definition) is 4. The fraction of sp³-hybridized carbons (Fsp3) is 0.111. The highest BCUT2D eigenvalue weighted by atomic mass is 32.2. The van der Waals surface area contributed by atoms with Crippen molar-refractivity contribution in [1.29, 1.82) is 0 Å². The zero-order valence-electron chi connectivity index (χ0n) is 13.8. The number of rotatable bonds is 5. The van der Waals surface area contributed by atoms with Crippen LogP contribution in [-0.2, 0) is 11.9 Å². The predicted octanol–water partition coefficient (Wildman–Crippen LogP) is 6.00. The lowest BCUT2D eigenvalue weighted by Crippen LogP contribution is -2.10. The SMILES string of the molecule is Fc1cccc(CSc2nc(Oc3ccc(F)cc3F)cc(C(F)(F)F)n2)c1. The summed E-state index contributed by atoms with van der Waals surface area (Å²) in [7, 11) is 0. The summed E-state index contributed by atoms with van der Waals surface area (Å²) in [6, 6.07) is 8.38. The topological polar surface area (TPSA) is 35.0 Å². The molecular formula is C18H10F6N2OS. The second kappa shape index (κ2) is 8.09. The highest BCUT2D eigenvalue weighted by Crippen LogP contribution is 2.33. The minimum absolute atomic E-state index is 0.101. The van der Waals surface area contributed by atoms with E-state index in [0.29, 0.717) is 17.7 Å². The van der Waals surface area contributed by atoms with Crippen molar-refractivity contribution in [3.8, 4) is 11.6 Å². The van der Waals surface area contributed by atoms with Crippen molar-refractivity contribution in [2.24, 2.45) is 0 Å². The molecule has 0 saturated carbocycles. The van der Waals surface area contributed by atoms with E-state index in [0.717, 1.165) is 23.9 Å². The van der Waals surface area contributed by atoms with E-state index in [-0.39, 0.29) is 10.9 Å². The summed E-state index contributed by atoms with van der Waals surface area (Å²) >= 11 is 0.821. The van der Waals surface area contributed by atoms with E-state index in [1.54, 1.807) is 6.07 Å². The van der Waals surface area contributed by atoms with Crippen LogP contribution in [0.15, 0.2) is 53.7 Å². The van der Waals surface area contributed by atoms with Crippen LogP contribution in [0.1, 0.15) is 11.3 Å². The van der Waals surface area contributed by atoms with E-state index < -0.39 is 41.0 Å². The van der Waals surface area contributed by atoms with Crippen LogP contribution in [0.25, 0.3) is 0 Å². The van der Waals surface area contributed by atoms with Crippen LogP contribution in [0.4, 0.5) is 26.3 Å². The molecule has 0 N–H and O–H groups in total. The largest absolute Gasteiger partial charge is 0.436 e. The molecule has 0 bridgehead atoms. The summed E-state index contributed by atoms with van der Waals surface area (Å²) in [5, 5.41) is -0.295. The van der Waals surface area contributed by atoms with Gasteiger partial charge in [-0.05, 0) is 29.8 Å². The molecule has 146 valence electrons. The number of halogens is 6. The van der Waals surface area contributed by atoms with Crippen LogP contribution in [0.2, 0.25) is 0 Å². The van der Waals surface area contributed by atoms with Gasteiger partial charge in [-0.1, -0.05) is 23.9 Å². The molecule has 0 radical (unpaired) electrons. The predicted molar refractivity (Wildman–Crippen MR) is 89.4 cm³/mol. The third-order valence-electron chi connectivity index (χ3n) is 3.34. The number of hydrogen-bond donors (Lipinski definition) is 0. The third kappa shape index (κ3) is 5.16. The maximum absolute atomic E-state index is 13.7. The Morgan fingerprint density at radius 1 is 0.893 bits per heavy atom. The van der Waals surface area contributed by atoms with Gasteiger partial charge in [0.1, 0.15) is 11.6 Å². The quantitative estimate of drug-likeness (QED) is 0.290. The molecule has 2 aromatic carbocycles. The second-order valence-corrected chi connectivity index (χ2v) is 6.41. The van der Waals surface area contributed by atoms with Gasteiger partial charge in [0.2, 0.25) is 5.88 Å². The first-order valence-corrected chi connectivity index (χ1v) is 8.66. The fourth-order valence-electron chi connectivity index (χ4n) is 2.11. The zero-order valence-corrected chi connectivity index (χ0v) is 14.6. The van der Waals surface area contributed by atoms with Gasteiger partial charge in [0.05, 0.1) is 0 Å². The lowest BCUT2D eigenvalue weighted by molar-refractivity contribution is -0.141. The van der Waals surface area contributed by atoms with Gasteiger partial charge in [0.15, 0.2) is 22.4 Å². The Balaban J connectivity index is 1.88. The van der Waals surface area contributed by atoms with Crippen LogP contribution in [0.5, 0.6) is 11.6 Å². The smallest absolute Gasteiger partial charge is 0.433 e. The molecule has 1 heterocycles. The Labute approximate surface area is 159 Å². The van der Waals surface area contributed by atoms with Crippen LogP contribution < -0.4 is 4.74 Å². The average Bonchev–Trinajstić information content (AvgIpc) is 2.62. The summed E-state index contributed by atoms with van der Waals surface area (Å²) in [4.78, 5) is 7.24. The summed E-state index contributed by atoms with van der Waals surface area (Å²) in [6.07, 6.45) is -4.80. The molecule has 0 aliphatic carbocycles. The summed E-state index contributed by atoms with van der Waals surface area (Å²) in [6.45, 7) is 0. The van der Waals surface area contributed by atoms with E-state index in [1.807, 2.05) is 0 Å². The monoisotopic (exact) mass is 416 g/mol. The molecule has 10 heteroatoms. The third-order valence-corrected chi connectivity index (χ3v) is 4.26. The summed E-state index contributed by atoms with van der Waals surface area (Å²) < 4.78 is 84.2. The molecule has 3 nitrogen and oxygen atoms in total. The van der Waals surface area contributed by atoms with Crippen molar-refractivity contribution in [1.82, 2.24) is 9.97 Å². The van der Waals surface area contributed by atoms with Crippen LogP contribution in [0, 0.1) is 17.5 Å². The fourth-order valence-corrected chi connectivity index (χ4v) is 2.90. The van der Waals surface area contributed by atoms with Gasteiger partial charge >= 0.3 is 6.18 Å². The molecule has 0 spiro atoms. The van der Waals surface area contributed by atoms with Crippen molar-refractivity contribution in [2.45, 2.75) is 17.1 Å². The Bertz CT molecular complexity index is 996. The number of ether oxygens (including phenoxy) is 1. The Hall–Kier alpha value is -2.75. The van der Waals surface area contributed by atoms with Gasteiger partial charge in [0.25, 0.3) is 0 Å². The van der Waals surface area contributed by atoms with Gasteiger partial charge in [-0.2, -0.15) is 18.2 Å². The number of alkyl halides is 3. The molecule has 0 unspecified atom stereocenters. The van der Waals surface area contributed by atoms with E-state index in [4.69, 9.17) is 4.74 Å². The van der Waals surface area contributed by atoms with Gasteiger partial charge in [-0.3, -0.25) is 0 Å².